The van der Waals surface area contributed by atoms with Gasteiger partial charge in [-0.3, -0.25) is 9.58 Å². The maximum Gasteiger partial charge on any atom is 0.0644 e. The molecule has 1 aliphatic rings. The first kappa shape index (κ1) is 16.5. The molecule has 1 aromatic carbocycles. The Bertz CT molecular complexity index is 647. The van der Waals surface area contributed by atoms with E-state index < -0.39 is 0 Å². The quantitative estimate of drug-likeness (QED) is 0.913. The highest BCUT2D eigenvalue weighted by Crippen LogP contribution is 2.29. The van der Waals surface area contributed by atoms with Crippen LogP contribution in [0.15, 0.2) is 30.5 Å². The summed E-state index contributed by atoms with van der Waals surface area (Å²) in [5.41, 5.74) is 3.89. The Hall–Kier alpha value is -1.36. The first-order valence-corrected chi connectivity index (χ1v) is 8.65. The van der Waals surface area contributed by atoms with Crippen LogP contribution in [0.3, 0.4) is 0 Å². The molecule has 0 unspecified atom stereocenters. The summed E-state index contributed by atoms with van der Waals surface area (Å²) in [5.74, 6) is 0.548. The number of hydrogen-bond acceptors (Lipinski definition) is 3. The van der Waals surface area contributed by atoms with Crippen molar-refractivity contribution in [3.05, 3.63) is 52.3 Å². The molecule has 2 aromatic rings. The maximum atomic E-state index is 9.13. The SMILES string of the molecule is Cc1cc(Cl)ccc1CN1CCC(c2ccnn2CCO)CC1. The van der Waals surface area contributed by atoms with Crippen molar-refractivity contribution in [2.45, 2.75) is 38.8 Å². The summed E-state index contributed by atoms with van der Waals surface area (Å²) in [6, 6.07) is 8.25. The summed E-state index contributed by atoms with van der Waals surface area (Å²) in [7, 11) is 0. The standard InChI is InChI=1S/C18H24ClN3O/c1-14-12-17(19)3-2-16(14)13-21-8-5-15(6-9-21)18-4-7-20-22(18)10-11-23/h2-4,7,12,15,23H,5-6,8-11,13H2,1H3. The zero-order chi connectivity index (χ0) is 16.2. The molecule has 1 fully saturated rings. The fraction of sp³-hybridized carbons (Fsp3) is 0.500. The Kier molecular flexibility index (Phi) is 5.36. The van der Waals surface area contributed by atoms with E-state index in [0.717, 1.165) is 37.5 Å². The molecular weight excluding hydrogens is 310 g/mol. The lowest BCUT2D eigenvalue weighted by Gasteiger charge is -2.32. The molecule has 1 N–H and O–H groups in total. The van der Waals surface area contributed by atoms with E-state index in [9.17, 15) is 0 Å². The number of hydrogen-bond donors (Lipinski definition) is 1. The van der Waals surface area contributed by atoms with Crippen molar-refractivity contribution in [1.82, 2.24) is 14.7 Å². The minimum absolute atomic E-state index is 0.142. The van der Waals surface area contributed by atoms with Crippen LogP contribution < -0.4 is 0 Å². The molecule has 1 aliphatic heterocycles. The average molecular weight is 334 g/mol. The molecule has 0 amide bonds. The van der Waals surface area contributed by atoms with E-state index in [-0.39, 0.29) is 6.61 Å². The average Bonchev–Trinajstić information content (AvgIpc) is 2.99. The van der Waals surface area contributed by atoms with Gasteiger partial charge < -0.3 is 5.11 Å². The molecule has 1 saturated heterocycles. The number of aliphatic hydroxyl groups is 1. The van der Waals surface area contributed by atoms with Crippen LogP contribution in [0.4, 0.5) is 0 Å². The Morgan fingerprint density at radius 2 is 2.04 bits per heavy atom. The molecule has 0 radical (unpaired) electrons. The van der Waals surface area contributed by atoms with Crippen LogP contribution in [-0.2, 0) is 13.1 Å². The van der Waals surface area contributed by atoms with Crippen molar-refractivity contribution < 1.29 is 5.11 Å². The molecule has 3 rings (SSSR count). The number of piperidine rings is 1. The highest BCUT2D eigenvalue weighted by atomic mass is 35.5. The summed E-state index contributed by atoms with van der Waals surface area (Å²) >= 11 is 6.04. The Balaban J connectivity index is 1.59. The fourth-order valence-corrected chi connectivity index (χ4v) is 3.66. The number of aryl methyl sites for hydroxylation is 1. The van der Waals surface area contributed by atoms with Gasteiger partial charge in [-0.05, 0) is 62.2 Å². The largest absolute Gasteiger partial charge is 0.394 e. The van der Waals surface area contributed by atoms with Crippen LogP contribution in [-0.4, -0.2) is 39.5 Å². The van der Waals surface area contributed by atoms with Gasteiger partial charge in [0.05, 0.1) is 13.2 Å². The number of nitrogens with zero attached hydrogens (tertiary/aromatic N) is 3. The van der Waals surface area contributed by atoms with E-state index in [2.05, 4.69) is 29.1 Å². The van der Waals surface area contributed by atoms with Crippen LogP contribution in [0.25, 0.3) is 0 Å². The Morgan fingerprint density at radius 3 is 2.74 bits per heavy atom. The molecule has 0 atom stereocenters. The number of rotatable bonds is 5. The summed E-state index contributed by atoms with van der Waals surface area (Å²) in [4.78, 5) is 2.51. The van der Waals surface area contributed by atoms with Gasteiger partial charge in [0.25, 0.3) is 0 Å². The predicted octanol–water partition coefficient (Wildman–Crippen LogP) is 3.22. The van der Waals surface area contributed by atoms with Crippen molar-refractivity contribution in [2.24, 2.45) is 0 Å². The Morgan fingerprint density at radius 1 is 1.26 bits per heavy atom. The van der Waals surface area contributed by atoms with Gasteiger partial charge in [-0.1, -0.05) is 17.7 Å². The molecule has 2 heterocycles. The summed E-state index contributed by atoms with van der Waals surface area (Å²) in [6.07, 6.45) is 4.13. The third-order valence-electron chi connectivity index (χ3n) is 4.77. The van der Waals surface area contributed by atoms with Crippen LogP contribution in [0.1, 0.15) is 35.6 Å². The molecule has 4 nitrogen and oxygen atoms in total. The molecule has 0 aliphatic carbocycles. The lowest BCUT2D eigenvalue weighted by molar-refractivity contribution is 0.198. The topological polar surface area (TPSA) is 41.3 Å². The second kappa shape index (κ2) is 7.47. The third-order valence-corrected chi connectivity index (χ3v) is 5.00. The Labute approximate surface area is 142 Å². The smallest absolute Gasteiger partial charge is 0.0644 e. The molecule has 124 valence electrons. The first-order chi connectivity index (χ1) is 11.2. The van der Waals surface area contributed by atoms with E-state index >= 15 is 0 Å². The molecule has 1 aromatic heterocycles. The van der Waals surface area contributed by atoms with Gasteiger partial charge in [-0.25, -0.2) is 0 Å². The van der Waals surface area contributed by atoms with Crippen molar-refractivity contribution in [1.29, 1.82) is 0 Å². The van der Waals surface area contributed by atoms with Gasteiger partial charge in [-0.2, -0.15) is 5.10 Å². The molecule has 0 spiro atoms. The van der Waals surface area contributed by atoms with Gasteiger partial charge in [0, 0.05) is 29.4 Å². The fourth-order valence-electron chi connectivity index (χ4n) is 3.44. The van der Waals surface area contributed by atoms with Crippen molar-refractivity contribution in [3.8, 4) is 0 Å². The van der Waals surface area contributed by atoms with Crippen molar-refractivity contribution in [3.63, 3.8) is 0 Å². The second-order valence-electron chi connectivity index (χ2n) is 6.32. The lowest BCUT2D eigenvalue weighted by Crippen LogP contribution is -2.33. The molecular formula is C18H24ClN3O. The summed E-state index contributed by atoms with van der Waals surface area (Å²) in [6.45, 7) is 6.04. The lowest BCUT2D eigenvalue weighted by atomic mass is 9.93. The highest BCUT2D eigenvalue weighted by Gasteiger charge is 2.23. The van der Waals surface area contributed by atoms with Gasteiger partial charge in [0.1, 0.15) is 0 Å². The summed E-state index contributed by atoms with van der Waals surface area (Å²) < 4.78 is 1.95. The van der Waals surface area contributed by atoms with Crippen molar-refractivity contribution in [2.75, 3.05) is 19.7 Å². The van der Waals surface area contributed by atoms with Gasteiger partial charge in [0.2, 0.25) is 0 Å². The van der Waals surface area contributed by atoms with Crippen LogP contribution in [0.2, 0.25) is 5.02 Å². The molecule has 5 heteroatoms. The predicted molar refractivity (Wildman–Crippen MR) is 92.8 cm³/mol. The van der Waals surface area contributed by atoms with Gasteiger partial charge >= 0.3 is 0 Å². The zero-order valence-electron chi connectivity index (χ0n) is 13.6. The zero-order valence-corrected chi connectivity index (χ0v) is 14.3. The van der Waals surface area contributed by atoms with Crippen LogP contribution in [0, 0.1) is 6.92 Å². The number of likely N-dealkylation sites (tertiary alicyclic amines) is 1. The highest BCUT2D eigenvalue weighted by molar-refractivity contribution is 6.30. The minimum atomic E-state index is 0.142. The number of benzene rings is 1. The van der Waals surface area contributed by atoms with E-state index in [1.54, 1.807) is 0 Å². The first-order valence-electron chi connectivity index (χ1n) is 8.27. The molecule has 23 heavy (non-hydrogen) atoms. The second-order valence-corrected chi connectivity index (χ2v) is 6.76. The van der Waals surface area contributed by atoms with E-state index in [1.165, 1.54) is 16.8 Å². The normalized spacial score (nSPS) is 16.8. The van der Waals surface area contributed by atoms with Gasteiger partial charge in [0.15, 0.2) is 0 Å². The van der Waals surface area contributed by atoms with E-state index in [0.29, 0.717) is 12.5 Å². The third kappa shape index (κ3) is 3.94. The van der Waals surface area contributed by atoms with Gasteiger partial charge in [-0.15, -0.1) is 0 Å². The van der Waals surface area contributed by atoms with E-state index in [4.69, 9.17) is 16.7 Å². The number of aromatic nitrogens is 2. The number of halogens is 1. The maximum absolute atomic E-state index is 9.13. The van der Waals surface area contributed by atoms with Crippen LogP contribution in [0.5, 0.6) is 0 Å². The van der Waals surface area contributed by atoms with E-state index in [1.807, 2.05) is 23.0 Å². The summed E-state index contributed by atoms with van der Waals surface area (Å²) in [5, 5.41) is 14.3. The monoisotopic (exact) mass is 333 g/mol. The molecule has 0 bridgehead atoms. The van der Waals surface area contributed by atoms with Crippen LogP contribution >= 0.6 is 11.6 Å². The number of aliphatic hydroxyl groups excluding tert-OH is 1. The minimum Gasteiger partial charge on any atom is -0.394 e. The van der Waals surface area contributed by atoms with Crippen molar-refractivity contribution >= 4 is 11.6 Å². The molecule has 0 saturated carbocycles.